The fourth-order valence-electron chi connectivity index (χ4n) is 4.41. The lowest BCUT2D eigenvalue weighted by atomic mass is 10.0. The lowest BCUT2D eigenvalue weighted by molar-refractivity contribution is -0.115. The van der Waals surface area contributed by atoms with Crippen molar-refractivity contribution in [3.8, 4) is 0 Å². The van der Waals surface area contributed by atoms with Gasteiger partial charge >= 0.3 is 0 Å². The Labute approximate surface area is 188 Å². The van der Waals surface area contributed by atoms with Crippen LogP contribution in [-0.2, 0) is 11.2 Å². The van der Waals surface area contributed by atoms with Crippen molar-refractivity contribution in [2.75, 3.05) is 45.1 Å². The van der Waals surface area contributed by atoms with E-state index in [1.54, 1.807) is 12.1 Å². The molecule has 2 aromatic carbocycles. The van der Waals surface area contributed by atoms with Gasteiger partial charge < -0.3 is 25.4 Å². The molecule has 1 atom stereocenters. The molecule has 2 aliphatic heterocycles. The monoisotopic (exact) mass is 437 g/mol. The number of allylic oxidation sites excluding steroid dienone is 1. The van der Waals surface area contributed by atoms with E-state index in [0.717, 1.165) is 32.6 Å². The van der Waals surface area contributed by atoms with Gasteiger partial charge in [0.1, 0.15) is 5.70 Å². The van der Waals surface area contributed by atoms with Gasteiger partial charge in [0, 0.05) is 49.6 Å². The Bertz CT molecular complexity index is 977. The molecule has 7 heteroatoms. The second-order valence-corrected chi connectivity index (χ2v) is 8.57. The molecule has 0 spiro atoms. The summed E-state index contributed by atoms with van der Waals surface area (Å²) >= 11 is 6.10. The number of fused-ring (bicyclic) bond motifs is 1. The van der Waals surface area contributed by atoms with Gasteiger partial charge in [-0.05, 0) is 37.2 Å². The van der Waals surface area contributed by atoms with Gasteiger partial charge in [-0.3, -0.25) is 4.79 Å². The van der Waals surface area contributed by atoms with Crippen LogP contribution in [0.15, 0.2) is 66.0 Å². The summed E-state index contributed by atoms with van der Waals surface area (Å²) in [6.07, 6.45) is 2.17. The van der Waals surface area contributed by atoms with Gasteiger partial charge in [-0.15, -0.1) is 0 Å². The normalized spacial score (nSPS) is 19.2. The summed E-state index contributed by atoms with van der Waals surface area (Å²) < 4.78 is 0. The van der Waals surface area contributed by atoms with Gasteiger partial charge in [0.25, 0.3) is 5.91 Å². The first-order valence-corrected chi connectivity index (χ1v) is 11.0. The number of benzene rings is 2. The average Bonchev–Trinajstić information content (AvgIpc) is 2.77. The highest BCUT2D eigenvalue weighted by atomic mass is 35.5. The number of carbonyl (C=O) groups is 1. The minimum absolute atomic E-state index is 0.203. The number of likely N-dealkylation sites (N-methyl/N-ethyl adjacent to an activating group) is 1. The van der Waals surface area contributed by atoms with E-state index >= 15 is 0 Å². The van der Waals surface area contributed by atoms with Crippen LogP contribution in [0.3, 0.4) is 0 Å². The summed E-state index contributed by atoms with van der Waals surface area (Å²) in [4.78, 5) is 20.1. The van der Waals surface area contributed by atoms with E-state index in [4.69, 9.17) is 17.0 Å². The number of hydrogen-bond donors (Lipinski definition) is 2. The minimum Gasteiger partial charge on any atom is -0.363 e. The van der Waals surface area contributed by atoms with E-state index < -0.39 is 0 Å². The van der Waals surface area contributed by atoms with Crippen molar-refractivity contribution in [3.05, 3.63) is 76.6 Å². The summed E-state index contributed by atoms with van der Waals surface area (Å²) in [7, 11) is 2.13. The topological polar surface area (TPSA) is 62.7 Å². The van der Waals surface area contributed by atoms with Crippen LogP contribution in [0, 0.1) is 5.41 Å². The van der Waals surface area contributed by atoms with Gasteiger partial charge in [-0.1, -0.05) is 48.0 Å². The maximum absolute atomic E-state index is 13.4. The Morgan fingerprint density at radius 1 is 1.16 bits per heavy atom. The lowest BCUT2D eigenvalue weighted by Crippen LogP contribution is -2.60. The number of anilines is 1. The summed E-state index contributed by atoms with van der Waals surface area (Å²) in [5.41, 5.74) is 3.14. The third kappa shape index (κ3) is 4.92. The van der Waals surface area contributed by atoms with Gasteiger partial charge in [-0.25, -0.2) is 0 Å². The molecule has 2 aromatic rings. The second-order valence-electron chi connectivity index (χ2n) is 8.13. The molecule has 2 N–H and O–H groups in total. The zero-order chi connectivity index (χ0) is 21.8. The molecule has 2 aliphatic rings. The van der Waals surface area contributed by atoms with Crippen LogP contribution in [0.2, 0.25) is 5.02 Å². The number of halogens is 1. The quantitative estimate of drug-likeness (QED) is 0.680. The smallest absolute Gasteiger partial charge is 0.274 e. The van der Waals surface area contributed by atoms with Crippen LogP contribution in [0.25, 0.3) is 0 Å². The van der Waals surface area contributed by atoms with E-state index in [1.165, 1.54) is 11.8 Å². The highest BCUT2D eigenvalue weighted by Crippen LogP contribution is 2.28. The predicted molar refractivity (Wildman–Crippen MR) is 126 cm³/mol. The molecular formula is C24H28ClN5O. The number of nitrogens with zero attached hydrogens (tertiary/aromatic N) is 3. The summed E-state index contributed by atoms with van der Waals surface area (Å²) in [5.74, 6) is -0.203. The molecule has 0 saturated carbocycles. The fraction of sp³-hybridized carbons (Fsp3) is 0.333. The molecule has 4 rings (SSSR count). The van der Waals surface area contributed by atoms with Crippen LogP contribution < -0.4 is 5.32 Å². The van der Waals surface area contributed by atoms with Crippen molar-refractivity contribution < 1.29 is 4.79 Å². The van der Waals surface area contributed by atoms with Crippen LogP contribution in [0.5, 0.6) is 0 Å². The molecule has 1 amide bonds. The van der Waals surface area contributed by atoms with E-state index in [9.17, 15) is 4.79 Å². The van der Waals surface area contributed by atoms with Gasteiger partial charge in [0.15, 0.2) is 0 Å². The van der Waals surface area contributed by atoms with Crippen LogP contribution in [0.1, 0.15) is 5.56 Å². The van der Waals surface area contributed by atoms with Crippen LogP contribution in [-0.4, -0.2) is 72.6 Å². The molecule has 1 unspecified atom stereocenters. The maximum Gasteiger partial charge on any atom is 0.274 e. The van der Waals surface area contributed by atoms with Crippen LogP contribution >= 0.6 is 11.6 Å². The minimum atomic E-state index is -0.203. The molecule has 1 saturated heterocycles. The molecule has 31 heavy (non-hydrogen) atoms. The fourth-order valence-corrected chi connectivity index (χ4v) is 4.60. The molecule has 2 heterocycles. The SMILES string of the molecule is CN1CCN2C(C=N)=C(C(=O)Nc3cccc(Cl)c3)N(CCc3ccccc3)CC2C1. The Kier molecular flexibility index (Phi) is 6.59. The number of carbonyl (C=O) groups excluding carboxylic acids is 1. The average molecular weight is 438 g/mol. The molecule has 0 radical (unpaired) electrons. The van der Waals surface area contributed by atoms with Crippen molar-refractivity contribution in [2.24, 2.45) is 0 Å². The molecule has 1 fully saturated rings. The summed E-state index contributed by atoms with van der Waals surface area (Å²) in [6.45, 7) is 4.12. The third-order valence-electron chi connectivity index (χ3n) is 5.93. The second kappa shape index (κ2) is 9.54. The number of nitrogens with one attached hydrogen (secondary N) is 2. The largest absolute Gasteiger partial charge is 0.363 e. The number of amides is 1. The maximum atomic E-state index is 13.4. The highest BCUT2D eigenvalue weighted by Gasteiger charge is 2.37. The lowest BCUT2D eigenvalue weighted by Gasteiger charge is -2.49. The Balaban J connectivity index is 1.64. The van der Waals surface area contributed by atoms with Crippen molar-refractivity contribution >= 4 is 29.4 Å². The Morgan fingerprint density at radius 2 is 1.97 bits per heavy atom. The number of hydrogen-bond acceptors (Lipinski definition) is 5. The van der Waals surface area contributed by atoms with Gasteiger partial charge in [0.2, 0.25) is 0 Å². The predicted octanol–water partition coefficient (Wildman–Crippen LogP) is 3.31. The molecule has 6 nitrogen and oxygen atoms in total. The molecular weight excluding hydrogens is 410 g/mol. The van der Waals surface area contributed by atoms with Crippen molar-refractivity contribution in [2.45, 2.75) is 12.5 Å². The van der Waals surface area contributed by atoms with Crippen molar-refractivity contribution in [1.82, 2.24) is 14.7 Å². The number of piperazine rings is 1. The first kappa shape index (κ1) is 21.4. The van der Waals surface area contributed by atoms with E-state index in [1.807, 2.05) is 30.3 Å². The standard InChI is InChI=1S/C24H28ClN5O/c1-28-12-13-30-21(16-28)17-29(11-10-18-6-3-2-4-7-18)23(22(30)15-26)24(31)27-20-9-5-8-19(25)14-20/h2-9,14-15,21,26H,10-13,16-17H2,1H3,(H,27,31). The van der Waals surface area contributed by atoms with E-state index in [-0.39, 0.29) is 11.9 Å². The van der Waals surface area contributed by atoms with E-state index in [0.29, 0.717) is 28.6 Å². The first-order valence-electron chi connectivity index (χ1n) is 10.6. The molecule has 0 aromatic heterocycles. The van der Waals surface area contributed by atoms with Gasteiger partial charge in [0.05, 0.1) is 11.7 Å². The van der Waals surface area contributed by atoms with Crippen LogP contribution in [0.4, 0.5) is 5.69 Å². The molecule has 162 valence electrons. The van der Waals surface area contributed by atoms with Crippen molar-refractivity contribution in [3.63, 3.8) is 0 Å². The summed E-state index contributed by atoms with van der Waals surface area (Å²) in [5, 5.41) is 11.7. The Hall–Kier alpha value is -2.83. The Morgan fingerprint density at radius 3 is 2.71 bits per heavy atom. The zero-order valence-electron chi connectivity index (χ0n) is 17.7. The van der Waals surface area contributed by atoms with E-state index in [2.05, 4.69) is 39.2 Å². The van der Waals surface area contributed by atoms with Gasteiger partial charge in [-0.2, -0.15) is 0 Å². The summed E-state index contributed by atoms with van der Waals surface area (Å²) in [6, 6.07) is 17.7. The molecule has 0 bridgehead atoms. The highest BCUT2D eigenvalue weighted by molar-refractivity contribution is 6.31. The number of rotatable bonds is 6. The third-order valence-corrected chi connectivity index (χ3v) is 6.17. The molecule has 0 aliphatic carbocycles. The van der Waals surface area contributed by atoms with Crippen molar-refractivity contribution in [1.29, 1.82) is 5.41 Å². The first-order chi connectivity index (χ1) is 15.0. The zero-order valence-corrected chi connectivity index (χ0v) is 18.5.